The second-order valence-electron chi connectivity index (χ2n) is 5.07. The average Bonchev–Trinajstić information content (AvgIpc) is 2.49. The van der Waals surface area contributed by atoms with Crippen LogP contribution >= 0.6 is 0 Å². The minimum absolute atomic E-state index is 0.0626. The summed E-state index contributed by atoms with van der Waals surface area (Å²) in [4.78, 5) is 0. The maximum atomic E-state index is 14.0. The van der Waals surface area contributed by atoms with E-state index in [2.05, 4.69) is 0 Å². The van der Waals surface area contributed by atoms with Gasteiger partial charge in [-0.15, -0.1) is 0 Å². The minimum atomic E-state index is -0.424. The Labute approximate surface area is 101 Å². The van der Waals surface area contributed by atoms with Crippen LogP contribution in [0.4, 0.5) is 8.78 Å². The molecule has 1 aliphatic carbocycles. The van der Waals surface area contributed by atoms with Crippen molar-refractivity contribution in [3.8, 4) is 0 Å². The van der Waals surface area contributed by atoms with Crippen molar-refractivity contribution in [1.29, 1.82) is 0 Å². The highest BCUT2D eigenvalue weighted by atomic mass is 19.1. The molecule has 0 amide bonds. The van der Waals surface area contributed by atoms with Gasteiger partial charge in [0.15, 0.2) is 0 Å². The average molecular weight is 239 g/mol. The quantitative estimate of drug-likeness (QED) is 0.744. The minimum Gasteiger partial charge on any atom is -0.328 e. The van der Waals surface area contributed by atoms with Gasteiger partial charge in [-0.3, -0.25) is 0 Å². The van der Waals surface area contributed by atoms with Gasteiger partial charge < -0.3 is 5.73 Å². The third-order valence-electron chi connectivity index (χ3n) is 3.69. The summed E-state index contributed by atoms with van der Waals surface area (Å²) in [5.74, 6) is -0.872. The Balaban J connectivity index is 2.34. The lowest BCUT2D eigenvalue weighted by molar-refractivity contribution is 0.472. The molecule has 0 heterocycles. The van der Waals surface area contributed by atoms with Crippen LogP contribution in [0.1, 0.15) is 49.1 Å². The molecule has 2 N–H and O–H groups in total. The molecule has 1 saturated carbocycles. The smallest absolute Gasteiger partial charge is 0.132 e. The van der Waals surface area contributed by atoms with Crippen LogP contribution in [0.2, 0.25) is 0 Å². The number of halogens is 2. The first-order valence-corrected chi connectivity index (χ1v) is 6.29. The van der Waals surface area contributed by atoms with Crippen molar-refractivity contribution >= 4 is 0 Å². The van der Waals surface area contributed by atoms with Gasteiger partial charge in [0, 0.05) is 11.6 Å². The van der Waals surface area contributed by atoms with E-state index >= 15 is 0 Å². The molecular formula is C14H19F2N. The van der Waals surface area contributed by atoms with Gasteiger partial charge >= 0.3 is 0 Å². The Morgan fingerprint density at radius 2 is 1.88 bits per heavy atom. The molecule has 0 spiro atoms. The maximum Gasteiger partial charge on any atom is 0.132 e. The van der Waals surface area contributed by atoms with Gasteiger partial charge in [0.2, 0.25) is 0 Å². The van der Waals surface area contributed by atoms with Crippen LogP contribution < -0.4 is 5.73 Å². The molecule has 0 radical (unpaired) electrons. The largest absolute Gasteiger partial charge is 0.328 e. The fraction of sp³-hybridized carbons (Fsp3) is 0.571. The summed E-state index contributed by atoms with van der Waals surface area (Å²) >= 11 is 0. The van der Waals surface area contributed by atoms with Crippen LogP contribution in [0.3, 0.4) is 0 Å². The van der Waals surface area contributed by atoms with Crippen LogP contribution in [0.15, 0.2) is 12.1 Å². The third-order valence-corrected chi connectivity index (χ3v) is 3.69. The first-order valence-electron chi connectivity index (χ1n) is 6.29. The van der Waals surface area contributed by atoms with Gasteiger partial charge in [0.05, 0.1) is 0 Å². The zero-order valence-electron chi connectivity index (χ0n) is 10.2. The molecule has 0 aliphatic heterocycles. The topological polar surface area (TPSA) is 26.0 Å². The molecule has 94 valence electrons. The zero-order chi connectivity index (χ0) is 12.4. The molecule has 0 bridgehead atoms. The molecule has 1 nitrogen and oxygen atoms in total. The predicted octanol–water partition coefficient (Wildman–Crippen LogP) is 3.65. The van der Waals surface area contributed by atoms with Crippen molar-refractivity contribution in [2.75, 3.05) is 0 Å². The summed E-state index contributed by atoms with van der Waals surface area (Å²) in [6.07, 6.45) is 4.56. The molecule has 2 rings (SSSR count). The van der Waals surface area contributed by atoms with Crippen molar-refractivity contribution in [2.24, 2.45) is 5.73 Å². The summed E-state index contributed by atoms with van der Waals surface area (Å²) in [5.41, 5.74) is 6.72. The zero-order valence-corrected chi connectivity index (χ0v) is 10.2. The molecule has 1 fully saturated rings. The van der Waals surface area contributed by atoms with E-state index in [1.165, 1.54) is 12.1 Å². The first kappa shape index (κ1) is 12.5. The molecule has 0 saturated heterocycles. The van der Waals surface area contributed by atoms with Gasteiger partial charge in [0.25, 0.3) is 0 Å². The Bertz CT molecular complexity index is 403. The summed E-state index contributed by atoms with van der Waals surface area (Å²) < 4.78 is 27.8. The van der Waals surface area contributed by atoms with Gasteiger partial charge in [-0.25, -0.2) is 8.78 Å². The van der Waals surface area contributed by atoms with Crippen LogP contribution in [0.25, 0.3) is 0 Å². The lowest BCUT2D eigenvalue weighted by Crippen LogP contribution is -2.21. The van der Waals surface area contributed by atoms with E-state index in [0.717, 1.165) is 25.7 Å². The van der Waals surface area contributed by atoms with E-state index in [1.807, 2.05) is 0 Å². The summed E-state index contributed by atoms with van der Waals surface area (Å²) in [5, 5.41) is 0. The maximum absolute atomic E-state index is 14.0. The van der Waals surface area contributed by atoms with Crippen LogP contribution in [0, 0.1) is 18.6 Å². The third kappa shape index (κ3) is 2.65. The molecule has 3 heteroatoms. The highest BCUT2D eigenvalue weighted by Gasteiger charge is 2.25. The molecule has 1 aromatic carbocycles. The first-order chi connectivity index (χ1) is 8.09. The molecule has 0 aromatic heterocycles. The molecule has 2 unspecified atom stereocenters. The normalized spacial score (nSPS) is 25.6. The molecule has 1 aromatic rings. The van der Waals surface area contributed by atoms with Crippen molar-refractivity contribution in [3.63, 3.8) is 0 Å². The van der Waals surface area contributed by atoms with Gasteiger partial charge in [-0.2, -0.15) is 0 Å². The van der Waals surface area contributed by atoms with Gasteiger partial charge in [0.1, 0.15) is 11.6 Å². The van der Waals surface area contributed by atoms with E-state index in [0.29, 0.717) is 12.0 Å². The van der Waals surface area contributed by atoms with E-state index < -0.39 is 5.82 Å². The van der Waals surface area contributed by atoms with E-state index in [-0.39, 0.29) is 23.3 Å². The monoisotopic (exact) mass is 239 g/mol. The highest BCUT2D eigenvalue weighted by Crippen LogP contribution is 2.34. The Morgan fingerprint density at radius 3 is 2.65 bits per heavy atom. The van der Waals surface area contributed by atoms with Crippen LogP contribution in [-0.2, 0) is 0 Å². The summed E-state index contributed by atoms with van der Waals surface area (Å²) in [6, 6.07) is 2.93. The fourth-order valence-corrected chi connectivity index (χ4v) is 2.71. The highest BCUT2D eigenvalue weighted by molar-refractivity contribution is 5.30. The van der Waals surface area contributed by atoms with E-state index in [9.17, 15) is 8.78 Å². The number of rotatable bonds is 1. The Hall–Kier alpha value is -0.960. The van der Waals surface area contributed by atoms with Crippen LogP contribution in [-0.4, -0.2) is 6.04 Å². The lowest BCUT2D eigenvalue weighted by Gasteiger charge is -2.19. The van der Waals surface area contributed by atoms with Crippen molar-refractivity contribution in [2.45, 2.75) is 51.0 Å². The van der Waals surface area contributed by atoms with E-state index in [1.54, 1.807) is 6.92 Å². The number of nitrogens with two attached hydrogens (primary N) is 1. The van der Waals surface area contributed by atoms with Crippen molar-refractivity contribution < 1.29 is 8.78 Å². The fourth-order valence-electron chi connectivity index (χ4n) is 2.71. The SMILES string of the molecule is Cc1ccc(F)c(C2CCCCC(N)C2)c1F. The number of hydrogen-bond donors (Lipinski definition) is 1. The molecule has 2 atom stereocenters. The van der Waals surface area contributed by atoms with Crippen molar-refractivity contribution in [1.82, 2.24) is 0 Å². The van der Waals surface area contributed by atoms with Crippen molar-refractivity contribution in [3.05, 3.63) is 34.9 Å². The second kappa shape index (κ2) is 5.13. The standard InChI is InChI=1S/C14H19F2N/c1-9-6-7-12(15)13(14(9)16)10-4-2-3-5-11(17)8-10/h6-7,10-11H,2-5,8,17H2,1H3. The number of aryl methyl sites for hydroxylation is 1. The molecule has 17 heavy (non-hydrogen) atoms. The van der Waals surface area contributed by atoms with E-state index in [4.69, 9.17) is 5.73 Å². The molecular weight excluding hydrogens is 220 g/mol. The second-order valence-corrected chi connectivity index (χ2v) is 5.07. The Morgan fingerprint density at radius 1 is 1.18 bits per heavy atom. The number of benzene rings is 1. The summed E-state index contributed by atoms with van der Waals surface area (Å²) in [7, 11) is 0. The summed E-state index contributed by atoms with van der Waals surface area (Å²) in [6.45, 7) is 1.68. The predicted molar refractivity (Wildman–Crippen MR) is 64.9 cm³/mol. The van der Waals surface area contributed by atoms with Gasteiger partial charge in [-0.1, -0.05) is 18.9 Å². The van der Waals surface area contributed by atoms with Crippen LogP contribution in [0.5, 0.6) is 0 Å². The Kier molecular flexibility index (Phi) is 3.77. The number of hydrogen-bond acceptors (Lipinski definition) is 1. The lowest BCUT2D eigenvalue weighted by atomic mass is 9.88. The molecule has 1 aliphatic rings. The van der Waals surface area contributed by atoms with Gasteiger partial charge in [-0.05, 0) is 43.7 Å².